The lowest BCUT2D eigenvalue weighted by molar-refractivity contribution is 0.602. The summed E-state index contributed by atoms with van der Waals surface area (Å²) in [5.41, 5.74) is 15.4. The SMILES string of the molecule is C=C/C=C\c1oc2c(-c3cc(-c4ccc5c6ccccc6n(-c6ccccc6)c5c4)cc(-c4ccc(N(c5ccccc5)c5ccc6ccccc6c5)c5ccccc45)c3)cccc2c1C. The molecule has 0 amide bonds. The zero-order valence-corrected chi connectivity index (χ0v) is 36.5. The van der Waals surface area contributed by atoms with E-state index in [0.717, 1.165) is 83.8 Å². The van der Waals surface area contributed by atoms with E-state index >= 15 is 0 Å². The van der Waals surface area contributed by atoms with Crippen LogP contribution in [0.3, 0.4) is 0 Å². The minimum atomic E-state index is 0.837. The molecule has 0 radical (unpaired) electrons. The van der Waals surface area contributed by atoms with Gasteiger partial charge in [-0.25, -0.2) is 0 Å². The first-order valence-electron chi connectivity index (χ1n) is 22.5. The van der Waals surface area contributed by atoms with E-state index in [4.69, 9.17) is 4.42 Å². The molecule has 0 fully saturated rings. The molecule has 0 atom stereocenters. The lowest BCUT2D eigenvalue weighted by Crippen LogP contribution is -2.10. The Labute approximate surface area is 384 Å². The molecule has 2 heterocycles. The summed E-state index contributed by atoms with van der Waals surface area (Å²) >= 11 is 0. The van der Waals surface area contributed by atoms with E-state index in [1.54, 1.807) is 6.08 Å². The second-order valence-electron chi connectivity index (χ2n) is 17.0. The Morgan fingerprint density at radius 3 is 1.94 bits per heavy atom. The fourth-order valence-corrected chi connectivity index (χ4v) is 9.96. The van der Waals surface area contributed by atoms with E-state index in [1.807, 2.05) is 12.2 Å². The highest BCUT2D eigenvalue weighted by Gasteiger charge is 2.21. The van der Waals surface area contributed by atoms with Crippen molar-refractivity contribution in [2.24, 2.45) is 0 Å². The monoisotopic (exact) mass is 844 g/mol. The fraction of sp³-hybridized carbons (Fsp3) is 0.0159. The van der Waals surface area contributed by atoms with Crippen molar-refractivity contribution in [3.8, 4) is 39.1 Å². The largest absolute Gasteiger partial charge is 0.456 e. The molecule has 0 spiro atoms. The Kier molecular flexibility index (Phi) is 9.54. The number of anilines is 3. The maximum atomic E-state index is 6.71. The van der Waals surface area contributed by atoms with Crippen LogP contribution in [-0.4, -0.2) is 4.57 Å². The van der Waals surface area contributed by atoms with Crippen LogP contribution in [0.15, 0.2) is 242 Å². The molecule has 0 saturated heterocycles. The van der Waals surface area contributed by atoms with E-state index < -0.39 is 0 Å². The first-order chi connectivity index (χ1) is 32.6. The normalized spacial score (nSPS) is 11.7. The smallest absolute Gasteiger partial charge is 0.142 e. The summed E-state index contributed by atoms with van der Waals surface area (Å²) in [7, 11) is 0. The Bertz CT molecular complexity index is 3850. The number of nitrogens with zero attached hydrogens (tertiary/aromatic N) is 2. The van der Waals surface area contributed by atoms with Crippen molar-refractivity contribution in [3.05, 3.63) is 248 Å². The van der Waals surface area contributed by atoms with Gasteiger partial charge in [0.05, 0.1) is 16.7 Å². The molecule has 10 aromatic carbocycles. The highest BCUT2D eigenvalue weighted by Crippen LogP contribution is 2.45. The number of hydrogen-bond donors (Lipinski definition) is 0. The fourth-order valence-electron chi connectivity index (χ4n) is 9.96. The molecule has 3 heteroatoms. The predicted octanol–water partition coefficient (Wildman–Crippen LogP) is 17.8. The van der Waals surface area contributed by atoms with Crippen LogP contribution < -0.4 is 4.90 Å². The van der Waals surface area contributed by atoms with Gasteiger partial charge in [0.25, 0.3) is 0 Å². The average Bonchev–Trinajstić information content (AvgIpc) is 3.89. The van der Waals surface area contributed by atoms with Crippen molar-refractivity contribution < 1.29 is 4.42 Å². The molecule has 2 aromatic heterocycles. The third-order valence-electron chi connectivity index (χ3n) is 13.1. The van der Waals surface area contributed by atoms with Crippen molar-refractivity contribution in [3.63, 3.8) is 0 Å². The van der Waals surface area contributed by atoms with E-state index in [0.29, 0.717) is 0 Å². The lowest BCUT2D eigenvalue weighted by atomic mass is 9.90. The summed E-state index contributed by atoms with van der Waals surface area (Å²) in [6.07, 6.45) is 5.72. The molecule has 12 rings (SSSR count). The molecule has 66 heavy (non-hydrogen) atoms. The highest BCUT2D eigenvalue weighted by atomic mass is 16.3. The predicted molar refractivity (Wildman–Crippen MR) is 281 cm³/mol. The number of allylic oxidation sites excluding steroid dienone is 2. The van der Waals surface area contributed by atoms with Crippen LogP contribution in [0, 0.1) is 6.92 Å². The maximum absolute atomic E-state index is 6.71. The first kappa shape index (κ1) is 39.0. The minimum Gasteiger partial charge on any atom is -0.456 e. The van der Waals surface area contributed by atoms with E-state index in [-0.39, 0.29) is 0 Å². The number of benzene rings is 10. The number of rotatable bonds is 9. The molecule has 0 aliphatic rings. The Morgan fingerprint density at radius 2 is 1.12 bits per heavy atom. The van der Waals surface area contributed by atoms with Crippen molar-refractivity contribution >= 4 is 77.5 Å². The number of aromatic nitrogens is 1. The number of para-hydroxylation sites is 4. The van der Waals surface area contributed by atoms with Gasteiger partial charge in [0, 0.05) is 49.7 Å². The van der Waals surface area contributed by atoms with Gasteiger partial charge in [-0.1, -0.05) is 164 Å². The van der Waals surface area contributed by atoms with Crippen LogP contribution in [-0.2, 0) is 0 Å². The quantitative estimate of drug-likeness (QED) is 0.135. The van der Waals surface area contributed by atoms with Gasteiger partial charge in [-0.2, -0.15) is 0 Å². The third-order valence-corrected chi connectivity index (χ3v) is 13.1. The molecule has 0 aliphatic carbocycles. The maximum Gasteiger partial charge on any atom is 0.142 e. The van der Waals surface area contributed by atoms with Crippen LogP contribution in [0.1, 0.15) is 11.3 Å². The molecule has 0 aliphatic heterocycles. The zero-order valence-electron chi connectivity index (χ0n) is 36.5. The molecular weight excluding hydrogens is 801 g/mol. The van der Waals surface area contributed by atoms with E-state index in [9.17, 15) is 0 Å². The topological polar surface area (TPSA) is 21.3 Å². The molecule has 3 nitrogen and oxygen atoms in total. The van der Waals surface area contributed by atoms with Gasteiger partial charge < -0.3 is 13.9 Å². The van der Waals surface area contributed by atoms with E-state index in [1.165, 1.54) is 38.0 Å². The summed E-state index contributed by atoms with van der Waals surface area (Å²) in [6.45, 7) is 6.03. The molecular formula is C63H44N2O. The van der Waals surface area contributed by atoms with Crippen LogP contribution in [0.4, 0.5) is 17.1 Å². The summed E-state index contributed by atoms with van der Waals surface area (Å²) in [5.74, 6) is 0.837. The molecule has 0 unspecified atom stereocenters. The minimum absolute atomic E-state index is 0.837. The molecule has 0 saturated carbocycles. The van der Waals surface area contributed by atoms with Crippen LogP contribution >= 0.6 is 0 Å². The molecule has 12 aromatic rings. The summed E-state index contributed by atoms with van der Waals surface area (Å²) in [6, 6.07) is 79.3. The van der Waals surface area contributed by atoms with Gasteiger partial charge in [-0.05, 0) is 130 Å². The van der Waals surface area contributed by atoms with Gasteiger partial charge in [-0.15, -0.1) is 0 Å². The number of hydrogen-bond acceptors (Lipinski definition) is 2. The van der Waals surface area contributed by atoms with Gasteiger partial charge >= 0.3 is 0 Å². The number of fused-ring (bicyclic) bond motifs is 6. The van der Waals surface area contributed by atoms with Crippen LogP contribution in [0.5, 0.6) is 0 Å². The third kappa shape index (κ3) is 6.60. The second kappa shape index (κ2) is 16.2. The van der Waals surface area contributed by atoms with Crippen LogP contribution in [0.2, 0.25) is 0 Å². The van der Waals surface area contributed by atoms with Gasteiger partial charge in [0.2, 0.25) is 0 Å². The van der Waals surface area contributed by atoms with Crippen molar-refractivity contribution in [2.75, 3.05) is 4.90 Å². The standard InChI is InChI=1S/C63H44N2O/c1-3-4-30-62-42(2)52-27-17-28-54(63(52)66-62)48-38-46(45-32-34-58-57-26-15-16-29-59(57)65(61(58)41-45)50-22-9-6-10-23-50)37-47(39-48)53-35-36-60(56-25-14-13-24-55(53)56)64(49-20-7-5-8-21-49)51-33-31-43-18-11-12-19-44(43)40-51/h3-41H,1H2,2H3/b30-4-. The summed E-state index contributed by atoms with van der Waals surface area (Å²) in [5, 5.41) is 8.31. The van der Waals surface area contributed by atoms with Gasteiger partial charge in [0.1, 0.15) is 11.3 Å². The lowest BCUT2D eigenvalue weighted by Gasteiger charge is -2.28. The first-order valence-corrected chi connectivity index (χ1v) is 22.5. The Hall–Kier alpha value is -8.66. The number of aryl methyl sites for hydroxylation is 1. The van der Waals surface area contributed by atoms with Crippen molar-refractivity contribution in [1.82, 2.24) is 4.57 Å². The van der Waals surface area contributed by atoms with Crippen LogP contribution in [0.25, 0.3) is 99.5 Å². The van der Waals surface area contributed by atoms with Gasteiger partial charge in [-0.3, -0.25) is 0 Å². The second-order valence-corrected chi connectivity index (χ2v) is 17.0. The molecule has 312 valence electrons. The zero-order chi connectivity index (χ0) is 44.1. The number of furan rings is 1. The average molecular weight is 845 g/mol. The Morgan fingerprint density at radius 1 is 0.455 bits per heavy atom. The van der Waals surface area contributed by atoms with Gasteiger partial charge in [0.15, 0.2) is 0 Å². The summed E-state index contributed by atoms with van der Waals surface area (Å²) in [4.78, 5) is 2.39. The summed E-state index contributed by atoms with van der Waals surface area (Å²) < 4.78 is 9.11. The molecule has 0 N–H and O–H groups in total. The Balaban J connectivity index is 1.09. The molecule has 0 bridgehead atoms. The van der Waals surface area contributed by atoms with E-state index in [2.05, 4.69) is 241 Å². The van der Waals surface area contributed by atoms with Crippen molar-refractivity contribution in [2.45, 2.75) is 6.92 Å². The highest BCUT2D eigenvalue weighted by molar-refractivity contribution is 6.11. The van der Waals surface area contributed by atoms with Crippen molar-refractivity contribution in [1.29, 1.82) is 0 Å².